The van der Waals surface area contributed by atoms with Gasteiger partial charge in [-0.1, -0.05) is 6.92 Å². The SMILES string of the molecule is CCCn1cc(N)cc1C(=O)NCCc1ccco1. The van der Waals surface area contributed by atoms with Crippen molar-refractivity contribution in [3.63, 3.8) is 0 Å². The van der Waals surface area contributed by atoms with Gasteiger partial charge in [-0.05, 0) is 24.6 Å². The number of aryl methyl sites for hydroxylation is 1. The molecule has 5 nitrogen and oxygen atoms in total. The average molecular weight is 261 g/mol. The molecular formula is C14H19N3O2. The molecule has 0 aliphatic carbocycles. The molecule has 2 aromatic rings. The topological polar surface area (TPSA) is 73.2 Å². The van der Waals surface area contributed by atoms with Gasteiger partial charge < -0.3 is 20.0 Å². The molecule has 5 heteroatoms. The summed E-state index contributed by atoms with van der Waals surface area (Å²) < 4.78 is 7.10. The minimum atomic E-state index is -0.100. The van der Waals surface area contributed by atoms with Crippen LogP contribution < -0.4 is 11.1 Å². The van der Waals surface area contributed by atoms with Crippen LogP contribution in [-0.2, 0) is 13.0 Å². The van der Waals surface area contributed by atoms with Crippen molar-refractivity contribution in [1.82, 2.24) is 9.88 Å². The first kappa shape index (κ1) is 13.3. The molecule has 2 rings (SSSR count). The Bertz CT molecular complexity index is 529. The standard InChI is InChI=1S/C14H19N3O2/c1-2-7-17-10-11(15)9-13(17)14(18)16-6-5-12-4-3-8-19-12/h3-4,8-10H,2,5-7,15H2,1H3,(H,16,18). The first-order valence-corrected chi connectivity index (χ1v) is 6.47. The Labute approximate surface area is 112 Å². The molecule has 0 saturated carbocycles. The quantitative estimate of drug-likeness (QED) is 0.835. The average Bonchev–Trinajstić information content (AvgIpc) is 2.99. The summed E-state index contributed by atoms with van der Waals surface area (Å²) in [5, 5.41) is 2.87. The highest BCUT2D eigenvalue weighted by molar-refractivity contribution is 5.93. The number of anilines is 1. The Morgan fingerprint density at radius 1 is 1.53 bits per heavy atom. The lowest BCUT2D eigenvalue weighted by atomic mass is 10.3. The Hall–Kier alpha value is -2.17. The molecule has 1 amide bonds. The van der Waals surface area contributed by atoms with E-state index in [1.54, 1.807) is 18.5 Å². The molecular weight excluding hydrogens is 242 g/mol. The van der Waals surface area contributed by atoms with Crippen molar-refractivity contribution in [1.29, 1.82) is 0 Å². The lowest BCUT2D eigenvalue weighted by molar-refractivity contribution is 0.0944. The number of nitrogens with zero attached hydrogens (tertiary/aromatic N) is 1. The second kappa shape index (κ2) is 6.13. The summed E-state index contributed by atoms with van der Waals surface area (Å²) in [6, 6.07) is 5.44. The van der Waals surface area contributed by atoms with Gasteiger partial charge in [-0.2, -0.15) is 0 Å². The van der Waals surface area contributed by atoms with Crippen molar-refractivity contribution >= 4 is 11.6 Å². The summed E-state index contributed by atoms with van der Waals surface area (Å²) in [6.07, 6.45) is 5.07. The third-order valence-electron chi connectivity index (χ3n) is 2.85. The van der Waals surface area contributed by atoms with E-state index in [2.05, 4.69) is 12.2 Å². The van der Waals surface area contributed by atoms with Gasteiger partial charge in [-0.15, -0.1) is 0 Å². The highest BCUT2D eigenvalue weighted by atomic mass is 16.3. The van der Waals surface area contributed by atoms with Crippen LogP contribution in [0.15, 0.2) is 35.1 Å². The summed E-state index contributed by atoms with van der Waals surface area (Å²) in [4.78, 5) is 12.1. The van der Waals surface area contributed by atoms with Crippen molar-refractivity contribution in [2.45, 2.75) is 26.3 Å². The largest absolute Gasteiger partial charge is 0.469 e. The molecule has 0 spiro atoms. The lowest BCUT2D eigenvalue weighted by Gasteiger charge is -2.08. The van der Waals surface area contributed by atoms with Crippen molar-refractivity contribution in [3.8, 4) is 0 Å². The van der Waals surface area contributed by atoms with Gasteiger partial charge in [0, 0.05) is 25.7 Å². The smallest absolute Gasteiger partial charge is 0.267 e. The number of carbonyl (C=O) groups excluding carboxylic acids is 1. The van der Waals surface area contributed by atoms with Crippen LogP contribution in [0.5, 0.6) is 0 Å². The van der Waals surface area contributed by atoms with Crippen molar-refractivity contribution < 1.29 is 9.21 Å². The fraction of sp³-hybridized carbons (Fsp3) is 0.357. The van der Waals surface area contributed by atoms with E-state index in [-0.39, 0.29) is 5.91 Å². The van der Waals surface area contributed by atoms with Crippen molar-refractivity contribution in [2.75, 3.05) is 12.3 Å². The van der Waals surface area contributed by atoms with Crippen LogP contribution in [0.2, 0.25) is 0 Å². The number of hydrogen-bond donors (Lipinski definition) is 2. The van der Waals surface area contributed by atoms with E-state index in [0.29, 0.717) is 24.3 Å². The van der Waals surface area contributed by atoms with Crippen LogP contribution in [0.3, 0.4) is 0 Å². The van der Waals surface area contributed by atoms with Crippen LogP contribution in [-0.4, -0.2) is 17.0 Å². The highest BCUT2D eigenvalue weighted by Crippen LogP contribution is 2.11. The molecule has 2 aromatic heterocycles. The van der Waals surface area contributed by atoms with Gasteiger partial charge in [-0.25, -0.2) is 0 Å². The Balaban J connectivity index is 1.92. The van der Waals surface area contributed by atoms with Gasteiger partial charge in [-0.3, -0.25) is 4.79 Å². The van der Waals surface area contributed by atoms with Gasteiger partial charge in [0.2, 0.25) is 0 Å². The Kier molecular flexibility index (Phi) is 4.28. The van der Waals surface area contributed by atoms with Crippen LogP contribution in [0.1, 0.15) is 29.6 Å². The van der Waals surface area contributed by atoms with E-state index in [4.69, 9.17) is 10.2 Å². The second-order valence-corrected chi connectivity index (χ2v) is 4.44. The zero-order valence-corrected chi connectivity index (χ0v) is 11.1. The van der Waals surface area contributed by atoms with Crippen LogP contribution in [0, 0.1) is 0 Å². The fourth-order valence-electron chi connectivity index (χ4n) is 1.99. The molecule has 0 fully saturated rings. The van der Waals surface area contributed by atoms with E-state index < -0.39 is 0 Å². The maximum Gasteiger partial charge on any atom is 0.267 e. The van der Waals surface area contributed by atoms with Crippen LogP contribution in [0.25, 0.3) is 0 Å². The van der Waals surface area contributed by atoms with Crippen molar-refractivity contribution in [2.24, 2.45) is 0 Å². The lowest BCUT2D eigenvalue weighted by Crippen LogP contribution is -2.27. The minimum Gasteiger partial charge on any atom is -0.469 e. The van der Waals surface area contributed by atoms with Gasteiger partial charge in [0.05, 0.1) is 12.0 Å². The highest BCUT2D eigenvalue weighted by Gasteiger charge is 2.12. The van der Waals surface area contributed by atoms with E-state index in [0.717, 1.165) is 18.7 Å². The molecule has 0 atom stereocenters. The first-order chi connectivity index (χ1) is 9.20. The normalized spacial score (nSPS) is 10.6. The molecule has 0 unspecified atom stereocenters. The summed E-state index contributed by atoms with van der Waals surface area (Å²) in [7, 11) is 0. The number of nitrogens with one attached hydrogen (secondary N) is 1. The molecule has 0 aromatic carbocycles. The molecule has 0 saturated heterocycles. The zero-order chi connectivity index (χ0) is 13.7. The summed E-state index contributed by atoms with van der Waals surface area (Å²) in [6.45, 7) is 3.40. The zero-order valence-electron chi connectivity index (χ0n) is 11.1. The molecule has 2 heterocycles. The second-order valence-electron chi connectivity index (χ2n) is 4.44. The minimum absolute atomic E-state index is 0.100. The Morgan fingerprint density at radius 2 is 2.37 bits per heavy atom. The summed E-state index contributed by atoms with van der Waals surface area (Å²) >= 11 is 0. The maximum absolute atomic E-state index is 12.1. The summed E-state index contributed by atoms with van der Waals surface area (Å²) in [5.74, 6) is 0.764. The number of hydrogen-bond acceptors (Lipinski definition) is 3. The van der Waals surface area contributed by atoms with Gasteiger partial charge in [0.25, 0.3) is 5.91 Å². The number of nitrogen functional groups attached to an aromatic ring is 1. The third-order valence-corrected chi connectivity index (χ3v) is 2.85. The molecule has 0 bridgehead atoms. The molecule has 0 radical (unpaired) electrons. The molecule has 19 heavy (non-hydrogen) atoms. The number of carbonyl (C=O) groups is 1. The van der Waals surface area contributed by atoms with Crippen LogP contribution >= 0.6 is 0 Å². The van der Waals surface area contributed by atoms with Gasteiger partial charge in [0.15, 0.2) is 0 Å². The van der Waals surface area contributed by atoms with Crippen molar-refractivity contribution in [3.05, 3.63) is 42.1 Å². The maximum atomic E-state index is 12.1. The molecule has 3 N–H and O–H groups in total. The fourth-order valence-corrected chi connectivity index (χ4v) is 1.99. The Morgan fingerprint density at radius 3 is 3.05 bits per heavy atom. The predicted octanol–water partition coefficient (Wildman–Crippen LogP) is 2.05. The van der Waals surface area contributed by atoms with Gasteiger partial charge >= 0.3 is 0 Å². The third kappa shape index (κ3) is 3.40. The molecule has 0 aliphatic rings. The van der Waals surface area contributed by atoms with E-state index in [9.17, 15) is 4.79 Å². The number of aromatic nitrogens is 1. The summed E-state index contributed by atoms with van der Waals surface area (Å²) in [5.41, 5.74) is 6.96. The van der Waals surface area contributed by atoms with E-state index in [1.165, 1.54) is 0 Å². The number of amides is 1. The monoisotopic (exact) mass is 261 g/mol. The predicted molar refractivity (Wildman–Crippen MR) is 73.9 cm³/mol. The van der Waals surface area contributed by atoms with E-state index >= 15 is 0 Å². The molecule has 102 valence electrons. The first-order valence-electron chi connectivity index (χ1n) is 6.47. The van der Waals surface area contributed by atoms with E-state index in [1.807, 2.05) is 16.7 Å². The molecule has 0 aliphatic heterocycles. The number of furan rings is 1. The number of nitrogens with two attached hydrogens (primary N) is 1. The number of rotatable bonds is 6. The van der Waals surface area contributed by atoms with Crippen LogP contribution in [0.4, 0.5) is 5.69 Å². The van der Waals surface area contributed by atoms with Gasteiger partial charge in [0.1, 0.15) is 11.5 Å².